The smallest absolute Gasteiger partial charge is 0.224 e. The van der Waals surface area contributed by atoms with Crippen LogP contribution in [-0.4, -0.2) is 67.3 Å². The highest BCUT2D eigenvalue weighted by molar-refractivity contribution is 6.04. The topological polar surface area (TPSA) is 67.8 Å². The van der Waals surface area contributed by atoms with Crippen molar-refractivity contribution < 1.29 is 14.3 Å². The Bertz CT molecular complexity index is 1140. The van der Waals surface area contributed by atoms with Crippen molar-refractivity contribution in [3.05, 3.63) is 48.3 Å². The molecule has 180 valence electrons. The molecule has 0 N–H and O–H groups in total. The van der Waals surface area contributed by atoms with Gasteiger partial charge in [0.1, 0.15) is 0 Å². The molecule has 0 atom stereocenters. The maximum atomic E-state index is 12.7. The van der Waals surface area contributed by atoms with Crippen LogP contribution in [0, 0.1) is 6.92 Å². The SMILES string of the molecule is COC1CC(N(C(C)=O)c2c(C)cnc3ccc(-c4ccc(OCCCN(C)C)nc4)cc23)C1. The van der Waals surface area contributed by atoms with Crippen molar-refractivity contribution in [2.75, 3.05) is 39.3 Å². The van der Waals surface area contributed by atoms with Crippen LogP contribution in [0.15, 0.2) is 42.7 Å². The van der Waals surface area contributed by atoms with Crippen LogP contribution in [0.25, 0.3) is 22.0 Å². The second-order valence-corrected chi connectivity index (χ2v) is 9.28. The summed E-state index contributed by atoms with van der Waals surface area (Å²) in [5, 5.41) is 0.970. The van der Waals surface area contributed by atoms with Gasteiger partial charge in [0.15, 0.2) is 0 Å². The lowest BCUT2D eigenvalue weighted by molar-refractivity contribution is -0.118. The van der Waals surface area contributed by atoms with Crippen LogP contribution in [-0.2, 0) is 9.53 Å². The van der Waals surface area contributed by atoms with Gasteiger partial charge < -0.3 is 19.3 Å². The lowest BCUT2D eigenvalue weighted by Crippen LogP contribution is -2.50. The first kappa shape index (κ1) is 24.1. The van der Waals surface area contributed by atoms with E-state index in [4.69, 9.17) is 9.47 Å². The van der Waals surface area contributed by atoms with Gasteiger partial charge in [-0.15, -0.1) is 0 Å². The Morgan fingerprint density at radius 1 is 1.09 bits per heavy atom. The van der Waals surface area contributed by atoms with Crippen molar-refractivity contribution in [2.45, 2.75) is 45.3 Å². The van der Waals surface area contributed by atoms with Gasteiger partial charge in [0.05, 0.1) is 23.9 Å². The van der Waals surface area contributed by atoms with Crippen molar-refractivity contribution in [3.8, 4) is 17.0 Å². The molecule has 4 rings (SSSR count). The molecule has 0 radical (unpaired) electrons. The number of carbonyl (C=O) groups is 1. The Morgan fingerprint density at radius 2 is 1.85 bits per heavy atom. The second-order valence-electron chi connectivity index (χ2n) is 9.28. The first-order valence-electron chi connectivity index (χ1n) is 11.8. The van der Waals surface area contributed by atoms with Gasteiger partial charge in [-0.1, -0.05) is 6.07 Å². The fraction of sp³-hybridized carbons (Fsp3) is 0.444. The van der Waals surface area contributed by atoms with E-state index in [1.54, 1.807) is 14.0 Å². The van der Waals surface area contributed by atoms with Crippen molar-refractivity contribution in [2.24, 2.45) is 0 Å². The molecule has 0 spiro atoms. The maximum absolute atomic E-state index is 12.7. The summed E-state index contributed by atoms with van der Waals surface area (Å²) in [7, 11) is 5.83. The number of hydrogen-bond donors (Lipinski definition) is 0. The number of pyridine rings is 2. The van der Waals surface area contributed by atoms with Crippen molar-refractivity contribution in [1.29, 1.82) is 0 Å². The van der Waals surface area contributed by atoms with Gasteiger partial charge in [0.25, 0.3) is 0 Å². The molecule has 1 saturated carbocycles. The highest BCUT2D eigenvalue weighted by Crippen LogP contribution is 2.38. The number of rotatable bonds is 9. The van der Waals surface area contributed by atoms with Gasteiger partial charge in [0.2, 0.25) is 11.8 Å². The van der Waals surface area contributed by atoms with Crippen LogP contribution in [0.3, 0.4) is 0 Å². The molecule has 1 aliphatic carbocycles. The molecule has 7 heteroatoms. The van der Waals surface area contributed by atoms with Crippen molar-refractivity contribution in [1.82, 2.24) is 14.9 Å². The molecule has 1 aliphatic rings. The summed E-state index contributed by atoms with van der Waals surface area (Å²) in [4.78, 5) is 25.9. The zero-order chi connectivity index (χ0) is 24.2. The van der Waals surface area contributed by atoms with E-state index in [1.165, 1.54) is 0 Å². The predicted octanol–water partition coefficient (Wildman–Crippen LogP) is 4.47. The molecule has 1 fully saturated rings. The summed E-state index contributed by atoms with van der Waals surface area (Å²) < 4.78 is 11.2. The summed E-state index contributed by atoms with van der Waals surface area (Å²) in [6.07, 6.45) is 6.55. The molecule has 2 heterocycles. The Kier molecular flexibility index (Phi) is 7.44. The minimum Gasteiger partial charge on any atom is -0.478 e. The molecule has 1 amide bonds. The van der Waals surface area contributed by atoms with Gasteiger partial charge in [-0.2, -0.15) is 0 Å². The number of amides is 1. The van der Waals surface area contributed by atoms with Gasteiger partial charge in [-0.3, -0.25) is 9.78 Å². The number of aromatic nitrogens is 2. The third-order valence-electron chi connectivity index (χ3n) is 6.44. The average molecular weight is 463 g/mol. The van der Waals surface area contributed by atoms with E-state index in [2.05, 4.69) is 35.0 Å². The zero-order valence-electron chi connectivity index (χ0n) is 20.7. The molecule has 0 unspecified atom stereocenters. The normalized spacial score (nSPS) is 17.6. The van der Waals surface area contributed by atoms with Gasteiger partial charge in [-0.25, -0.2) is 4.98 Å². The summed E-state index contributed by atoms with van der Waals surface area (Å²) in [6, 6.07) is 10.2. The van der Waals surface area contributed by atoms with E-state index in [9.17, 15) is 4.79 Å². The number of nitrogens with zero attached hydrogens (tertiary/aromatic N) is 4. The Labute approximate surface area is 201 Å². The molecule has 3 aromatic rings. The summed E-state index contributed by atoms with van der Waals surface area (Å²) in [5.74, 6) is 0.667. The monoisotopic (exact) mass is 462 g/mol. The largest absolute Gasteiger partial charge is 0.478 e. The molecule has 0 aliphatic heterocycles. The van der Waals surface area contributed by atoms with E-state index >= 15 is 0 Å². The molecule has 0 saturated heterocycles. The van der Waals surface area contributed by atoms with Gasteiger partial charge >= 0.3 is 0 Å². The fourth-order valence-corrected chi connectivity index (χ4v) is 4.51. The highest BCUT2D eigenvalue weighted by atomic mass is 16.5. The standard InChI is InChI=1S/C27H34N4O3/c1-18-16-28-25-9-7-20(21-8-10-26(29-17-21)34-12-6-11-30(3)4)13-24(25)27(18)31(19(2)32)22-14-23(15-22)33-5/h7-10,13,16-17,22-23H,6,11-12,14-15H2,1-5H3. The number of anilines is 1. The molecular weight excluding hydrogens is 428 g/mol. The Balaban J connectivity index is 1.61. The van der Waals surface area contributed by atoms with Crippen molar-refractivity contribution >= 4 is 22.5 Å². The zero-order valence-corrected chi connectivity index (χ0v) is 20.7. The molecule has 2 aromatic heterocycles. The van der Waals surface area contributed by atoms with E-state index in [1.807, 2.05) is 48.5 Å². The molecular formula is C27H34N4O3. The van der Waals surface area contributed by atoms with E-state index in [-0.39, 0.29) is 18.1 Å². The van der Waals surface area contributed by atoms with E-state index in [0.29, 0.717) is 12.5 Å². The third-order valence-corrected chi connectivity index (χ3v) is 6.44. The maximum Gasteiger partial charge on any atom is 0.224 e. The van der Waals surface area contributed by atoms with E-state index < -0.39 is 0 Å². The first-order valence-corrected chi connectivity index (χ1v) is 11.8. The summed E-state index contributed by atoms with van der Waals surface area (Å²) in [5.41, 5.74) is 4.81. The minimum atomic E-state index is 0.0398. The first-order chi connectivity index (χ1) is 16.4. The van der Waals surface area contributed by atoms with Crippen LogP contribution in [0.5, 0.6) is 5.88 Å². The molecule has 1 aromatic carbocycles. The number of methoxy groups -OCH3 is 1. The average Bonchev–Trinajstić information content (AvgIpc) is 2.79. The molecule has 0 bridgehead atoms. The second kappa shape index (κ2) is 10.5. The van der Waals surface area contributed by atoms with Crippen LogP contribution < -0.4 is 9.64 Å². The van der Waals surface area contributed by atoms with Crippen molar-refractivity contribution in [3.63, 3.8) is 0 Å². The minimum absolute atomic E-state index is 0.0398. The summed E-state index contributed by atoms with van der Waals surface area (Å²) >= 11 is 0. The van der Waals surface area contributed by atoms with Crippen LogP contribution in [0.1, 0.15) is 31.7 Å². The quantitative estimate of drug-likeness (QED) is 0.437. The van der Waals surface area contributed by atoms with Gasteiger partial charge in [-0.05, 0) is 69.6 Å². The Hall–Kier alpha value is -3.03. The lowest BCUT2D eigenvalue weighted by Gasteiger charge is -2.42. The fourth-order valence-electron chi connectivity index (χ4n) is 4.51. The highest BCUT2D eigenvalue weighted by Gasteiger charge is 2.37. The molecule has 7 nitrogen and oxygen atoms in total. The third kappa shape index (κ3) is 5.21. The molecule has 34 heavy (non-hydrogen) atoms. The van der Waals surface area contributed by atoms with Crippen LogP contribution in [0.2, 0.25) is 0 Å². The number of fused-ring (bicyclic) bond motifs is 1. The van der Waals surface area contributed by atoms with E-state index in [0.717, 1.165) is 59.1 Å². The van der Waals surface area contributed by atoms with Gasteiger partial charge in [0, 0.05) is 56.0 Å². The Morgan fingerprint density at radius 3 is 2.50 bits per heavy atom. The lowest BCUT2D eigenvalue weighted by atomic mass is 9.86. The number of hydrogen-bond acceptors (Lipinski definition) is 6. The summed E-state index contributed by atoms with van der Waals surface area (Å²) in [6.45, 7) is 5.27. The number of carbonyl (C=O) groups excluding carboxylic acids is 1. The predicted molar refractivity (Wildman–Crippen MR) is 135 cm³/mol. The number of benzene rings is 1. The number of aryl methyl sites for hydroxylation is 1. The van der Waals surface area contributed by atoms with Crippen LogP contribution in [0.4, 0.5) is 5.69 Å². The number of ether oxygens (including phenoxy) is 2. The van der Waals surface area contributed by atoms with Crippen LogP contribution >= 0.6 is 0 Å².